The lowest BCUT2D eigenvalue weighted by atomic mass is 10.3. The number of H-pyrrole nitrogens is 1. The summed E-state index contributed by atoms with van der Waals surface area (Å²) < 4.78 is 12.9. The molecule has 1 aromatic carbocycles. The molecule has 6 nitrogen and oxygen atoms in total. The molecule has 2 N–H and O–H groups in total. The Morgan fingerprint density at radius 2 is 2.39 bits per heavy atom. The van der Waals surface area contributed by atoms with Crippen LogP contribution in [0.3, 0.4) is 0 Å². The van der Waals surface area contributed by atoms with Crippen LogP contribution in [0, 0.1) is 5.82 Å². The molecular formula is C11H12FN5O. The van der Waals surface area contributed by atoms with Crippen LogP contribution in [0.15, 0.2) is 30.6 Å². The van der Waals surface area contributed by atoms with Crippen molar-refractivity contribution < 1.29 is 9.18 Å². The highest BCUT2D eigenvalue weighted by Gasteiger charge is 2.10. The number of anilines is 1. The number of aromatic nitrogens is 3. The number of urea groups is 1. The molecule has 0 unspecified atom stereocenters. The van der Waals surface area contributed by atoms with Gasteiger partial charge in [0, 0.05) is 12.7 Å². The monoisotopic (exact) mass is 249 g/mol. The second-order valence-corrected chi connectivity index (χ2v) is 3.73. The summed E-state index contributed by atoms with van der Waals surface area (Å²) in [5.41, 5.74) is 0.407. The molecule has 2 rings (SSSR count). The van der Waals surface area contributed by atoms with E-state index in [1.165, 1.54) is 29.4 Å². The van der Waals surface area contributed by atoms with Crippen molar-refractivity contribution in [1.82, 2.24) is 20.1 Å². The lowest BCUT2D eigenvalue weighted by Crippen LogP contribution is -2.31. The molecule has 0 fully saturated rings. The number of benzene rings is 1. The first-order valence-electron chi connectivity index (χ1n) is 5.27. The topological polar surface area (TPSA) is 73.9 Å². The highest BCUT2D eigenvalue weighted by molar-refractivity contribution is 5.88. The van der Waals surface area contributed by atoms with Crippen LogP contribution in [0.25, 0.3) is 0 Å². The Labute approximate surface area is 103 Å². The number of nitrogens with one attached hydrogen (secondary N) is 2. The van der Waals surface area contributed by atoms with Crippen LogP contribution in [-0.2, 0) is 6.54 Å². The van der Waals surface area contributed by atoms with Crippen molar-refractivity contribution in [2.45, 2.75) is 6.54 Å². The Balaban J connectivity index is 1.95. The predicted molar refractivity (Wildman–Crippen MR) is 63.3 cm³/mol. The van der Waals surface area contributed by atoms with Gasteiger partial charge in [0.15, 0.2) is 0 Å². The van der Waals surface area contributed by atoms with Crippen molar-refractivity contribution in [1.29, 1.82) is 0 Å². The summed E-state index contributed by atoms with van der Waals surface area (Å²) in [6.45, 7) is 0.293. The van der Waals surface area contributed by atoms with Crippen LogP contribution < -0.4 is 5.32 Å². The van der Waals surface area contributed by atoms with E-state index in [9.17, 15) is 9.18 Å². The molecule has 0 atom stereocenters. The number of halogens is 1. The van der Waals surface area contributed by atoms with E-state index in [1.807, 2.05) is 0 Å². The maximum Gasteiger partial charge on any atom is 0.321 e. The third-order valence-corrected chi connectivity index (χ3v) is 2.27. The van der Waals surface area contributed by atoms with Crippen LogP contribution >= 0.6 is 0 Å². The lowest BCUT2D eigenvalue weighted by Gasteiger charge is -2.16. The van der Waals surface area contributed by atoms with Gasteiger partial charge in [0.25, 0.3) is 0 Å². The Morgan fingerprint density at radius 3 is 3.06 bits per heavy atom. The number of amides is 2. The molecule has 0 aliphatic rings. The molecule has 0 aliphatic carbocycles. The number of hydrogen-bond acceptors (Lipinski definition) is 3. The molecule has 0 aliphatic heterocycles. The van der Waals surface area contributed by atoms with Gasteiger partial charge in [0.1, 0.15) is 18.0 Å². The van der Waals surface area contributed by atoms with Crippen molar-refractivity contribution in [3.8, 4) is 0 Å². The number of carbonyl (C=O) groups is 1. The van der Waals surface area contributed by atoms with Gasteiger partial charge in [-0.15, -0.1) is 0 Å². The van der Waals surface area contributed by atoms with Crippen LogP contribution in [0.4, 0.5) is 14.9 Å². The average Bonchev–Trinajstić information content (AvgIpc) is 2.81. The molecule has 0 saturated carbocycles. The van der Waals surface area contributed by atoms with Gasteiger partial charge < -0.3 is 10.2 Å². The molecule has 2 amide bonds. The van der Waals surface area contributed by atoms with Gasteiger partial charge in [-0.05, 0) is 18.2 Å². The number of hydrogen-bond donors (Lipinski definition) is 2. The van der Waals surface area contributed by atoms with E-state index >= 15 is 0 Å². The quantitative estimate of drug-likeness (QED) is 0.867. The summed E-state index contributed by atoms with van der Waals surface area (Å²) in [4.78, 5) is 17.1. The van der Waals surface area contributed by atoms with Crippen LogP contribution in [-0.4, -0.2) is 33.2 Å². The zero-order chi connectivity index (χ0) is 13.0. The molecule has 2 aromatic rings. The SMILES string of the molecule is CN(Cc1ncn[nH]1)C(=O)Nc1cccc(F)c1. The minimum absolute atomic E-state index is 0.293. The van der Waals surface area contributed by atoms with Crippen molar-refractivity contribution in [2.75, 3.05) is 12.4 Å². The minimum atomic E-state index is -0.398. The smallest absolute Gasteiger partial charge is 0.320 e. The van der Waals surface area contributed by atoms with Gasteiger partial charge in [-0.25, -0.2) is 14.2 Å². The first-order valence-corrected chi connectivity index (χ1v) is 5.27. The third kappa shape index (κ3) is 3.03. The number of aromatic amines is 1. The maximum absolute atomic E-state index is 12.9. The van der Waals surface area contributed by atoms with Crippen LogP contribution in [0.1, 0.15) is 5.82 Å². The van der Waals surface area contributed by atoms with Gasteiger partial charge in [-0.3, -0.25) is 5.10 Å². The van der Waals surface area contributed by atoms with E-state index in [-0.39, 0.29) is 6.03 Å². The fourth-order valence-electron chi connectivity index (χ4n) is 1.39. The van der Waals surface area contributed by atoms with E-state index in [0.29, 0.717) is 18.1 Å². The summed E-state index contributed by atoms with van der Waals surface area (Å²) in [5, 5.41) is 8.92. The Hall–Kier alpha value is -2.44. The minimum Gasteiger partial charge on any atom is -0.320 e. The summed E-state index contributed by atoms with van der Waals surface area (Å²) in [6.07, 6.45) is 1.37. The largest absolute Gasteiger partial charge is 0.321 e. The molecule has 0 radical (unpaired) electrons. The second-order valence-electron chi connectivity index (χ2n) is 3.73. The Bertz CT molecular complexity index is 528. The van der Waals surface area contributed by atoms with E-state index in [2.05, 4.69) is 20.5 Å². The predicted octanol–water partition coefficient (Wildman–Crippen LogP) is 1.61. The van der Waals surface area contributed by atoms with Gasteiger partial charge in [-0.2, -0.15) is 5.10 Å². The molecule has 7 heteroatoms. The summed E-state index contributed by atoms with van der Waals surface area (Å²) in [5.74, 6) is 0.178. The van der Waals surface area contributed by atoms with Gasteiger partial charge >= 0.3 is 6.03 Å². The van der Waals surface area contributed by atoms with Crippen molar-refractivity contribution in [3.05, 3.63) is 42.2 Å². The standard InChI is InChI=1S/C11H12FN5O/c1-17(6-10-13-7-14-16-10)11(18)15-9-4-2-3-8(12)5-9/h2-5,7H,6H2,1H3,(H,15,18)(H,13,14,16). The summed E-state index contributed by atoms with van der Waals surface area (Å²) in [7, 11) is 1.61. The van der Waals surface area contributed by atoms with Crippen molar-refractivity contribution >= 4 is 11.7 Å². The fourth-order valence-corrected chi connectivity index (χ4v) is 1.39. The van der Waals surface area contributed by atoms with Crippen molar-refractivity contribution in [2.24, 2.45) is 0 Å². The molecule has 1 aromatic heterocycles. The van der Waals surface area contributed by atoms with E-state index in [1.54, 1.807) is 13.1 Å². The van der Waals surface area contributed by atoms with E-state index in [0.717, 1.165) is 0 Å². The van der Waals surface area contributed by atoms with Crippen LogP contribution in [0.5, 0.6) is 0 Å². The van der Waals surface area contributed by atoms with E-state index < -0.39 is 5.82 Å². The molecule has 0 spiro atoms. The highest BCUT2D eigenvalue weighted by atomic mass is 19.1. The van der Waals surface area contributed by atoms with Gasteiger partial charge in [0.2, 0.25) is 0 Å². The lowest BCUT2D eigenvalue weighted by molar-refractivity contribution is 0.219. The van der Waals surface area contributed by atoms with E-state index in [4.69, 9.17) is 0 Å². The average molecular weight is 249 g/mol. The highest BCUT2D eigenvalue weighted by Crippen LogP contribution is 2.10. The normalized spacial score (nSPS) is 10.1. The first kappa shape index (κ1) is 12.0. The summed E-state index contributed by atoms with van der Waals surface area (Å²) in [6, 6.07) is 5.36. The number of rotatable bonds is 3. The fraction of sp³-hybridized carbons (Fsp3) is 0.182. The molecule has 0 bridgehead atoms. The number of carbonyl (C=O) groups excluding carboxylic acids is 1. The molecule has 18 heavy (non-hydrogen) atoms. The molecule has 94 valence electrons. The Morgan fingerprint density at radius 1 is 1.56 bits per heavy atom. The van der Waals surface area contributed by atoms with Gasteiger partial charge in [-0.1, -0.05) is 6.07 Å². The van der Waals surface area contributed by atoms with Crippen LogP contribution in [0.2, 0.25) is 0 Å². The molecule has 0 saturated heterocycles. The molecular weight excluding hydrogens is 237 g/mol. The third-order valence-electron chi connectivity index (χ3n) is 2.27. The molecule has 1 heterocycles. The van der Waals surface area contributed by atoms with Crippen molar-refractivity contribution in [3.63, 3.8) is 0 Å². The summed E-state index contributed by atoms with van der Waals surface area (Å²) >= 11 is 0. The van der Waals surface area contributed by atoms with Gasteiger partial charge in [0.05, 0.1) is 6.54 Å². The second kappa shape index (κ2) is 5.26. The zero-order valence-corrected chi connectivity index (χ0v) is 9.72. The zero-order valence-electron chi connectivity index (χ0n) is 9.72. The first-order chi connectivity index (χ1) is 8.65. The maximum atomic E-state index is 12.9. The Kier molecular flexibility index (Phi) is 3.52. The number of nitrogens with zero attached hydrogens (tertiary/aromatic N) is 3.